The minimum Gasteiger partial charge on any atom is -0.452 e. The number of anilines is 1. The summed E-state index contributed by atoms with van der Waals surface area (Å²) in [4.78, 5) is 35.8. The van der Waals surface area contributed by atoms with Gasteiger partial charge in [-0.2, -0.15) is 0 Å². The van der Waals surface area contributed by atoms with Crippen LogP contribution in [0.5, 0.6) is 0 Å². The van der Waals surface area contributed by atoms with Gasteiger partial charge in [0.15, 0.2) is 6.61 Å². The Kier molecular flexibility index (Phi) is 7.22. The number of nitrogens with one attached hydrogen (secondary N) is 2. The van der Waals surface area contributed by atoms with Crippen molar-refractivity contribution in [1.29, 1.82) is 0 Å². The molecule has 3 rings (SSSR count). The molecule has 6 heteroatoms. The SMILES string of the molecule is CC(C)c1ccc(CCNC(=O)COC(=O)c2ccc(NC(=O)C3CC3)cc2)cc1. The molecule has 2 amide bonds. The van der Waals surface area contributed by atoms with Crippen molar-refractivity contribution in [3.05, 3.63) is 65.2 Å². The molecule has 0 atom stereocenters. The Labute approximate surface area is 177 Å². The first-order valence-corrected chi connectivity index (χ1v) is 10.4. The minimum absolute atomic E-state index is 0.0119. The standard InChI is InChI=1S/C24H28N2O4/c1-16(2)18-5-3-17(4-6-18)13-14-25-22(27)15-30-24(29)20-9-11-21(12-10-20)26-23(28)19-7-8-19/h3-6,9-12,16,19H,7-8,13-15H2,1-2H3,(H,25,27)(H,26,28). The van der Waals surface area contributed by atoms with Crippen LogP contribution in [0, 0.1) is 5.92 Å². The topological polar surface area (TPSA) is 84.5 Å². The average Bonchev–Trinajstić information content (AvgIpc) is 3.58. The van der Waals surface area contributed by atoms with E-state index in [1.807, 2.05) is 0 Å². The van der Waals surface area contributed by atoms with Crippen LogP contribution in [-0.2, 0) is 20.7 Å². The van der Waals surface area contributed by atoms with Crippen molar-refractivity contribution in [3.63, 3.8) is 0 Å². The van der Waals surface area contributed by atoms with Gasteiger partial charge in [-0.3, -0.25) is 9.59 Å². The highest BCUT2D eigenvalue weighted by atomic mass is 16.5. The lowest BCUT2D eigenvalue weighted by Crippen LogP contribution is -2.30. The summed E-state index contributed by atoms with van der Waals surface area (Å²) < 4.78 is 5.07. The van der Waals surface area contributed by atoms with E-state index in [1.165, 1.54) is 5.56 Å². The molecule has 2 N–H and O–H groups in total. The molecule has 2 aromatic rings. The van der Waals surface area contributed by atoms with Crippen molar-refractivity contribution in [3.8, 4) is 0 Å². The Morgan fingerprint density at radius 2 is 1.67 bits per heavy atom. The molecular formula is C24H28N2O4. The summed E-state index contributed by atoms with van der Waals surface area (Å²) in [5, 5.41) is 5.57. The van der Waals surface area contributed by atoms with Crippen LogP contribution in [0.3, 0.4) is 0 Å². The van der Waals surface area contributed by atoms with E-state index >= 15 is 0 Å². The number of rotatable bonds is 9. The molecule has 0 spiro atoms. The zero-order valence-electron chi connectivity index (χ0n) is 17.4. The second-order valence-corrected chi connectivity index (χ2v) is 7.91. The number of hydrogen-bond acceptors (Lipinski definition) is 4. The van der Waals surface area contributed by atoms with Gasteiger partial charge >= 0.3 is 5.97 Å². The Morgan fingerprint density at radius 1 is 1.00 bits per heavy atom. The van der Waals surface area contributed by atoms with Gasteiger partial charge in [0, 0.05) is 18.2 Å². The predicted molar refractivity (Wildman–Crippen MR) is 115 cm³/mol. The van der Waals surface area contributed by atoms with Crippen LogP contribution in [0.1, 0.15) is 54.1 Å². The maximum atomic E-state index is 12.1. The molecular weight excluding hydrogens is 380 g/mol. The molecule has 0 heterocycles. The molecule has 1 saturated carbocycles. The Hall–Kier alpha value is -3.15. The molecule has 0 aromatic heterocycles. The van der Waals surface area contributed by atoms with Crippen LogP contribution < -0.4 is 10.6 Å². The van der Waals surface area contributed by atoms with Crippen molar-refractivity contribution in [1.82, 2.24) is 5.32 Å². The minimum atomic E-state index is -0.575. The van der Waals surface area contributed by atoms with Crippen molar-refractivity contribution < 1.29 is 19.1 Å². The van der Waals surface area contributed by atoms with Crippen LogP contribution in [0.4, 0.5) is 5.69 Å². The Bertz CT molecular complexity index is 884. The van der Waals surface area contributed by atoms with E-state index < -0.39 is 5.97 Å². The lowest BCUT2D eigenvalue weighted by Gasteiger charge is -2.09. The van der Waals surface area contributed by atoms with E-state index in [-0.39, 0.29) is 24.3 Å². The average molecular weight is 408 g/mol. The summed E-state index contributed by atoms with van der Waals surface area (Å²) in [7, 11) is 0. The summed E-state index contributed by atoms with van der Waals surface area (Å²) in [6.07, 6.45) is 2.58. The van der Waals surface area contributed by atoms with Gasteiger partial charge < -0.3 is 15.4 Å². The third kappa shape index (κ3) is 6.44. The van der Waals surface area contributed by atoms with Gasteiger partial charge in [-0.1, -0.05) is 38.1 Å². The molecule has 0 saturated heterocycles. The van der Waals surface area contributed by atoms with Gasteiger partial charge in [0.05, 0.1) is 5.56 Å². The lowest BCUT2D eigenvalue weighted by molar-refractivity contribution is -0.124. The van der Waals surface area contributed by atoms with Crippen molar-refractivity contribution in [2.24, 2.45) is 5.92 Å². The number of amides is 2. The third-order valence-corrected chi connectivity index (χ3v) is 5.05. The van der Waals surface area contributed by atoms with Crippen molar-refractivity contribution in [2.45, 2.75) is 39.0 Å². The molecule has 0 bridgehead atoms. The van der Waals surface area contributed by atoms with Gasteiger partial charge in [-0.25, -0.2) is 4.79 Å². The second-order valence-electron chi connectivity index (χ2n) is 7.91. The summed E-state index contributed by atoms with van der Waals surface area (Å²) in [6, 6.07) is 14.8. The van der Waals surface area contributed by atoms with E-state index in [0.717, 1.165) is 18.4 Å². The molecule has 1 aliphatic rings. The maximum Gasteiger partial charge on any atom is 0.338 e. The fourth-order valence-electron chi connectivity index (χ4n) is 2.96. The Balaban J connectivity index is 1.36. The molecule has 30 heavy (non-hydrogen) atoms. The fraction of sp³-hybridized carbons (Fsp3) is 0.375. The number of carbonyl (C=O) groups excluding carboxylic acids is 3. The van der Waals surface area contributed by atoms with Gasteiger partial charge in [0.1, 0.15) is 0 Å². The van der Waals surface area contributed by atoms with Crippen LogP contribution in [0.25, 0.3) is 0 Å². The van der Waals surface area contributed by atoms with Crippen molar-refractivity contribution >= 4 is 23.5 Å². The quantitative estimate of drug-likeness (QED) is 0.620. The molecule has 1 fully saturated rings. The third-order valence-electron chi connectivity index (χ3n) is 5.05. The highest BCUT2D eigenvalue weighted by molar-refractivity contribution is 5.95. The zero-order valence-corrected chi connectivity index (χ0v) is 17.4. The molecule has 0 unspecified atom stereocenters. The summed E-state index contributed by atoms with van der Waals surface area (Å²) in [5.74, 6) is -0.290. The Morgan fingerprint density at radius 3 is 2.27 bits per heavy atom. The van der Waals surface area contributed by atoms with E-state index in [1.54, 1.807) is 24.3 Å². The normalized spacial score (nSPS) is 13.0. The summed E-state index contributed by atoms with van der Waals surface area (Å²) >= 11 is 0. The van der Waals surface area contributed by atoms with E-state index in [4.69, 9.17) is 4.74 Å². The highest BCUT2D eigenvalue weighted by Gasteiger charge is 2.29. The van der Waals surface area contributed by atoms with Gasteiger partial charge in [-0.05, 0) is 60.6 Å². The van der Waals surface area contributed by atoms with Crippen LogP contribution >= 0.6 is 0 Å². The fourth-order valence-corrected chi connectivity index (χ4v) is 2.96. The van der Waals surface area contributed by atoms with Gasteiger partial charge in [-0.15, -0.1) is 0 Å². The van der Waals surface area contributed by atoms with Gasteiger partial charge in [0.2, 0.25) is 5.91 Å². The van der Waals surface area contributed by atoms with Crippen LogP contribution in [0.2, 0.25) is 0 Å². The molecule has 1 aliphatic carbocycles. The molecule has 158 valence electrons. The first kappa shape index (κ1) is 21.6. The first-order chi connectivity index (χ1) is 14.4. The summed E-state index contributed by atoms with van der Waals surface area (Å²) in [6.45, 7) is 4.45. The zero-order chi connectivity index (χ0) is 21.5. The van der Waals surface area contributed by atoms with Crippen LogP contribution in [-0.4, -0.2) is 30.9 Å². The number of hydrogen-bond donors (Lipinski definition) is 2. The predicted octanol–water partition coefficient (Wildman–Crippen LogP) is 3.67. The summed E-state index contributed by atoms with van der Waals surface area (Å²) in [5.41, 5.74) is 3.40. The lowest BCUT2D eigenvalue weighted by atomic mass is 10.0. The smallest absolute Gasteiger partial charge is 0.338 e. The van der Waals surface area contributed by atoms with Gasteiger partial charge in [0.25, 0.3) is 5.91 Å². The molecule has 2 aromatic carbocycles. The van der Waals surface area contributed by atoms with Crippen molar-refractivity contribution in [2.75, 3.05) is 18.5 Å². The first-order valence-electron chi connectivity index (χ1n) is 10.4. The second kappa shape index (κ2) is 10.1. The number of benzene rings is 2. The van der Waals surface area contributed by atoms with E-state index in [2.05, 4.69) is 48.7 Å². The largest absolute Gasteiger partial charge is 0.452 e. The van der Waals surface area contributed by atoms with E-state index in [0.29, 0.717) is 30.1 Å². The number of esters is 1. The molecule has 0 aliphatic heterocycles. The number of ether oxygens (including phenoxy) is 1. The van der Waals surface area contributed by atoms with Crippen LogP contribution in [0.15, 0.2) is 48.5 Å². The number of carbonyl (C=O) groups is 3. The highest BCUT2D eigenvalue weighted by Crippen LogP contribution is 2.30. The monoisotopic (exact) mass is 408 g/mol. The molecule has 6 nitrogen and oxygen atoms in total. The molecule has 0 radical (unpaired) electrons. The van der Waals surface area contributed by atoms with E-state index in [9.17, 15) is 14.4 Å². The maximum absolute atomic E-state index is 12.1.